The smallest absolute Gasteiger partial charge is 0.263 e. The molecular weight excluding hydrogens is 308 g/mol. The van der Waals surface area contributed by atoms with Crippen molar-refractivity contribution in [1.82, 2.24) is 4.90 Å². The van der Waals surface area contributed by atoms with Gasteiger partial charge >= 0.3 is 0 Å². The number of rotatable bonds is 3. The van der Waals surface area contributed by atoms with E-state index >= 15 is 0 Å². The fourth-order valence-corrected chi connectivity index (χ4v) is 2.49. The van der Waals surface area contributed by atoms with Crippen LogP contribution in [-0.2, 0) is 4.79 Å². The van der Waals surface area contributed by atoms with Gasteiger partial charge in [-0.3, -0.25) is 4.79 Å². The van der Waals surface area contributed by atoms with Gasteiger partial charge in [0.25, 0.3) is 5.91 Å². The van der Waals surface area contributed by atoms with Gasteiger partial charge < -0.3 is 9.64 Å². The Morgan fingerprint density at radius 1 is 1.47 bits per heavy atom. The maximum Gasteiger partial charge on any atom is 0.263 e. The number of nitrogens with zero attached hydrogens (tertiary/aromatic N) is 2. The van der Waals surface area contributed by atoms with Gasteiger partial charge in [0.1, 0.15) is 11.8 Å². The van der Waals surface area contributed by atoms with Crippen molar-refractivity contribution in [3.8, 4) is 11.8 Å². The quantitative estimate of drug-likeness (QED) is 0.859. The van der Waals surface area contributed by atoms with E-state index in [2.05, 4.69) is 22.0 Å². The molecule has 100 valence electrons. The van der Waals surface area contributed by atoms with Crippen molar-refractivity contribution in [3.05, 3.63) is 28.2 Å². The van der Waals surface area contributed by atoms with E-state index in [1.165, 1.54) is 0 Å². The molecule has 0 bridgehead atoms. The Hall–Kier alpha value is -1.54. The van der Waals surface area contributed by atoms with Crippen molar-refractivity contribution in [2.45, 2.75) is 25.9 Å². The van der Waals surface area contributed by atoms with E-state index in [0.717, 1.165) is 30.4 Å². The molecule has 1 fully saturated rings. The normalized spacial score (nSPS) is 15.9. The summed E-state index contributed by atoms with van der Waals surface area (Å²) in [7, 11) is 0. The molecule has 19 heavy (non-hydrogen) atoms. The molecule has 1 atom stereocenters. The Morgan fingerprint density at radius 2 is 2.16 bits per heavy atom. The summed E-state index contributed by atoms with van der Waals surface area (Å²) in [4.78, 5) is 13.9. The van der Waals surface area contributed by atoms with Crippen molar-refractivity contribution in [2.75, 3.05) is 13.1 Å². The summed E-state index contributed by atoms with van der Waals surface area (Å²) in [6, 6.07) is 7.25. The lowest BCUT2D eigenvalue weighted by Crippen LogP contribution is -2.38. The molecule has 1 aliphatic heterocycles. The molecular formula is C14H15BrN2O2. The lowest BCUT2D eigenvalue weighted by Gasteiger charge is -2.21. The summed E-state index contributed by atoms with van der Waals surface area (Å²) >= 11 is 3.30. The minimum absolute atomic E-state index is 0.00990. The van der Waals surface area contributed by atoms with Crippen LogP contribution in [0.15, 0.2) is 22.7 Å². The summed E-state index contributed by atoms with van der Waals surface area (Å²) in [5.41, 5.74) is 0.426. The second-order valence-corrected chi connectivity index (χ2v) is 5.46. The molecule has 1 amide bonds. The number of hydrogen-bond acceptors (Lipinski definition) is 3. The number of hydrogen-bond donors (Lipinski definition) is 0. The van der Waals surface area contributed by atoms with Crippen LogP contribution in [0.25, 0.3) is 0 Å². The lowest BCUT2D eigenvalue weighted by molar-refractivity contribution is -0.136. The third kappa shape index (κ3) is 3.27. The van der Waals surface area contributed by atoms with Crippen LogP contribution in [0.1, 0.15) is 25.3 Å². The molecule has 4 nitrogen and oxygen atoms in total. The third-order valence-corrected chi connectivity index (χ3v) is 3.62. The average molecular weight is 323 g/mol. The maximum absolute atomic E-state index is 12.1. The fourth-order valence-electron chi connectivity index (χ4n) is 2.13. The average Bonchev–Trinajstić information content (AvgIpc) is 2.93. The number of nitriles is 1. The molecule has 0 spiro atoms. The number of halogens is 1. The molecule has 1 aliphatic rings. The molecule has 5 heteroatoms. The molecule has 2 rings (SSSR count). The first-order valence-corrected chi connectivity index (χ1v) is 7.06. The van der Waals surface area contributed by atoms with Gasteiger partial charge in [-0.1, -0.05) is 15.9 Å². The highest BCUT2D eigenvalue weighted by Gasteiger charge is 2.25. The zero-order valence-electron chi connectivity index (χ0n) is 10.7. The summed E-state index contributed by atoms with van der Waals surface area (Å²) in [6.45, 7) is 3.33. The van der Waals surface area contributed by atoms with Gasteiger partial charge in [0, 0.05) is 17.6 Å². The Labute approximate surface area is 121 Å². The van der Waals surface area contributed by atoms with Gasteiger partial charge in [-0.15, -0.1) is 0 Å². The summed E-state index contributed by atoms with van der Waals surface area (Å²) in [5.74, 6) is 0.440. The van der Waals surface area contributed by atoms with Crippen molar-refractivity contribution in [3.63, 3.8) is 0 Å². The molecule has 0 radical (unpaired) electrons. The molecule has 0 N–H and O–H groups in total. The second kappa shape index (κ2) is 6.07. The van der Waals surface area contributed by atoms with E-state index in [0.29, 0.717) is 11.3 Å². The SMILES string of the molecule is CC(Oc1ccc(Br)cc1C#N)C(=O)N1CCCC1. The minimum atomic E-state index is -0.564. The van der Waals surface area contributed by atoms with E-state index in [1.54, 1.807) is 25.1 Å². The van der Waals surface area contributed by atoms with E-state index in [9.17, 15) is 4.79 Å². The number of likely N-dealkylation sites (tertiary alicyclic amines) is 1. The van der Waals surface area contributed by atoms with E-state index in [4.69, 9.17) is 10.00 Å². The van der Waals surface area contributed by atoms with Crippen LogP contribution >= 0.6 is 15.9 Å². The monoisotopic (exact) mass is 322 g/mol. The molecule has 1 aromatic rings. The molecule has 0 aliphatic carbocycles. The van der Waals surface area contributed by atoms with Crippen molar-refractivity contribution >= 4 is 21.8 Å². The zero-order chi connectivity index (χ0) is 13.8. The molecule has 1 saturated heterocycles. The van der Waals surface area contributed by atoms with E-state index in [1.807, 2.05) is 4.90 Å². The molecule has 1 heterocycles. The maximum atomic E-state index is 12.1. The highest BCUT2D eigenvalue weighted by atomic mass is 79.9. The Morgan fingerprint density at radius 3 is 2.79 bits per heavy atom. The van der Waals surface area contributed by atoms with Crippen LogP contribution in [0.4, 0.5) is 0 Å². The van der Waals surface area contributed by atoms with Gasteiger partial charge in [-0.25, -0.2) is 0 Å². The van der Waals surface area contributed by atoms with Crippen molar-refractivity contribution < 1.29 is 9.53 Å². The van der Waals surface area contributed by atoms with E-state index in [-0.39, 0.29) is 5.91 Å². The predicted molar refractivity (Wildman–Crippen MR) is 74.8 cm³/mol. The first-order chi connectivity index (χ1) is 9.11. The highest BCUT2D eigenvalue weighted by molar-refractivity contribution is 9.10. The molecule has 0 saturated carbocycles. The number of carbonyl (C=O) groups is 1. The number of benzene rings is 1. The van der Waals surface area contributed by atoms with Crippen molar-refractivity contribution in [2.24, 2.45) is 0 Å². The van der Waals surface area contributed by atoms with Gasteiger partial charge in [-0.2, -0.15) is 5.26 Å². The van der Waals surface area contributed by atoms with Gasteiger partial charge in [-0.05, 0) is 38.0 Å². The lowest BCUT2D eigenvalue weighted by atomic mass is 10.2. The predicted octanol–water partition coefficient (Wildman–Crippen LogP) is 2.71. The topological polar surface area (TPSA) is 53.3 Å². The second-order valence-electron chi connectivity index (χ2n) is 4.54. The molecule has 1 aromatic carbocycles. The first kappa shape index (κ1) is 13.9. The van der Waals surface area contributed by atoms with Gasteiger partial charge in [0.05, 0.1) is 5.56 Å². The third-order valence-electron chi connectivity index (χ3n) is 3.13. The highest BCUT2D eigenvalue weighted by Crippen LogP contribution is 2.24. The van der Waals surface area contributed by atoms with Crippen LogP contribution in [0.2, 0.25) is 0 Å². The van der Waals surface area contributed by atoms with Crippen LogP contribution in [0.5, 0.6) is 5.75 Å². The van der Waals surface area contributed by atoms with E-state index < -0.39 is 6.10 Å². The number of ether oxygens (including phenoxy) is 1. The van der Waals surface area contributed by atoms with Crippen LogP contribution < -0.4 is 4.74 Å². The Bertz CT molecular complexity index is 519. The Balaban J connectivity index is 2.08. The summed E-state index contributed by atoms with van der Waals surface area (Å²) in [6.07, 6.45) is 1.55. The standard InChI is InChI=1S/C14H15BrN2O2/c1-10(14(18)17-6-2-3-7-17)19-13-5-4-12(15)8-11(13)9-16/h4-5,8,10H,2-3,6-7H2,1H3. The number of carbonyl (C=O) groups excluding carboxylic acids is 1. The zero-order valence-corrected chi connectivity index (χ0v) is 12.3. The molecule has 0 aromatic heterocycles. The van der Waals surface area contributed by atoms with Gasteiger partial charge in [0.15, 0.2) is 6.10 Å². The fraction of sp³-hybridized carbons (Fsp3) is 0.429. The minimum Gasteiger partial charge on any atom is -0.480 e. The largest absolute Gasteiger partial charge is 0.480 e. The molecule has 1 unspecified atom stereocenters. The van der Waals surface area contributed by atoms with Crippen molar-refractivity contribution in [1.29, 1.82) is 5.26 Å². The van der Waals surface area contributed by atoms with Gasteiger partial charge in [0.2, 0.25) is 0 Å². The summed E-state index contributed by atoms with van der Waals surface area (Å²) in [5, 5.41) is 9.06. The number of amides is 1. The summed E-state index contributed by atoms with van der Waals surface area (Å²) < 4.78 is 6.45. The van der Waals surface area contributed by atoms with Crippen LogP contribution in [0.3, 0.4) is 0 Å². The van der Waals surface area contributed by atoms with Crippen LogP contribution in [-0.4, -0.2) is 30.0 Å². The first-order valence-electron chi connectivity index (χ1n) is 6.27. The van der Waals surface area contributed by atoms with Crippen LogP contribution in [0, 0.1) is 11.3 Å². The Kier molecular flexibility index (Phi) is 4.43.